The molecule has 0 unspecified atom stereocenters. The highest BCUT2D eigenvalue weighted by atomic mass is 32.2. The number of carbonyl (C=O) groups excluding carboxylic acids is 2. The lowest BCUT2D eigenvalue weighted by Crippen LogP contribution is -2.47. The number of carbonyl (C=O) groups is 2. The van der Waals surface area contributed by atoms with Gasteiger partial charge >= 0.3 is 6.03 Å². The van der Waals surface area contributed by atoms with Gasteiger partial charge in [0.05, 0.1) is 5.75 Å². The van der Waals surface area contributed by atoms with Gasteiger partial charge < -0.3 is 5.32 Å². The van der Waals surface area contributed by atoms with Crippen LogP contribution in [0.15, 0.2) is 0 Å². The minimum absolute atomic E-state index is 0.175. The van der Waals surface area contributed by atoms with Crippen molar-refractivity contribution in [2.45, 2.75) is 50.5 Å². The molecule has 2 aliphatic rings. The fourth-order valence-electron chi connectivity index (χ4n) is 2.95. The summed E-state index contributed by atoms with van der Waals surface area (Å²) in [7, 11) is -3.69. The smallest absolute Gasteiger partial charge is 0.323 e. The van der Waals surface area contributed by atoms with E-state index in [9.17, 15) is 18.0 Å². The van der Waals surface area contributed by atoms with Gasteiger partial charge in [0.15, 0.2) is 0 Å². The molecule has 1 aliphatic heterocycles. The minimum atomic E-state index is -3.69. The van der Waals surface area contributed by atoms with Crippen molar-refractivity contribution in [1.82, 2.24) is 10.2 Å². The molecule has 1 saturated carbocycles. The van der Waals surface area contributed by atoms with Crippen molar-refractivity contribution in [3.8, 4) is 0 Å². The highest BCUT2D eigenvalue weighted by Crippen LogP contribution is 2.31. The summed E-state index contributed by atoms with van der Waals surface area (Å²) >= 11 is 0. The molecule has 1 spiro atoms. The molecule has 0 aromatic heterocycles. The molecule has 0 atom stereocenters. The lowest BCUT2D eigenvalue weighted by molar-refractivity contribution is -0.131. The van der Waals surface area contributed by atoms with Crippen LogP contribution in [0.4, 0.5) is 4.79 Å². The van der Waals surface area contributed by atoms with Gasteiger partial charge in [0.25, 0.3) is 5.91 Å². The maximum Gasteiger partial charge on any atom is 0.325 e. The van der Waals surface area contributed by atoms with Crippen LogP contribution < -0.4 is 10.5 Å². The van der Waals surface area contributed by atoms with Crippen molar-refractivity contribution in [2.75, 3.05) is 12.3 Å². The molecule has 2 rings (SSSR count). The third-order valence-corrected chi connectivity index (χ3v) is 4.80. The number of rotatable bonds is 3. The second kappa shape index (κ2) is 5.69. The van der Waals surface area contributed by atoms with Crippen LogP contribution in [0.5, 0.6) is 0 Å². The first-order valence-electron chi connectivity index (χ1n) is 6.99. The maximum atomic E-state index is 12.5. The standard InChI is InChI=1S/C12H21N3O4S/c13-20(18,19)9-8-15-10(16)12(14-11(15)17)6-4-2-1-3-5-7-12/h1-9H2,(H,14,17)(H2,13,18,19). The van der Waals surface area contributed by atoms with E-state index in [4.69, 9.17) is 5.14 Å². The molecule has 1 saturated heterocycles. The van der Waals surface area contributed by atoms with Crippen LogP contribution in [0.25, 0.3) is 0 Å². The molecule has 7 nitrogen and oxygen atoms in total. The Morgan fingerprint density at radius 3 is 2.20 bits per heavy atom. The Bertz CT molecular complexity index is 495. The van der Waals surface area contributed by atoms with Crippen molar-refractivity contribution in [1.29, 1.82) is 0 Å². The van der Waals surface area contributed by atoms with Gasteiger partial charge in [-0.1, -0.05) is 32.1 Å². The molecule has 20 heavy (non-hydrogen) atoms. The van der Waals surface area contributed by atoms with Crippen molar-refractivity contribution < 1.29 is 18.0 Å². The van der Waals surface area contributed by atoms with Gasteiger partial charge in [0, 0.05) is 6.54 Å². The Labute approximate surface area is 118 Å². The molecule has 8 heteroatoms. The first-order chi connectivity index (χ1) is 9.34. The average molecular weight is 303 g/mol. The van der Waals surface area contributed by atoms with E-state index in [1.165, 1.54) is 0 Å². The molecule has 3 amide bonds. The van der Waals surface area contributed by atoms with Crippen molar-refractivity contribution in [3.05, 3.63) is 0 Å². The topological polar surface area (TPSA) is 110 Å². The number of nitrogens with two attached hydrogens (primary N) is 1. The van der Waals surface area contributed by atoms with Crippen LogP contribution in [0.2, 0.25) is 0 Å². The molecule has 1 aliphatic carbocycles. The fourth-order valence-corrected chi connectivity index (χ4v) is 3.38. The lowest BCUT2D eigenvalue weighted by atomic mass is 9.84. The molecule has 0 bridgehead atoms. The van der Waals surface area contributed by atoms with Gasteiger partial charge in [0.2, 0.25) is 10.0 Å². The quantitative estimate of drug-likeness (QED) is 0.731. The molecule has 3 N–H and O–H groups in total. The molecule has 0 aromatic rings. The Kier molecular flexibility index (Phi) is 4.33. The Balaban J connectivity index is 2.10. The number of nitrogens with one attached hydrogen (secondary N) is 1. The number of sulfonamides is 1. The zero-order valence-electron chi connectivity index (χ0n) is 11.4. The number of urea groups is 1. The van der Waals surface area contributed by atoms with E-state index in [2.05, 4.69) is 5.32 Å². The van der Waals surface area contributed by atoms with Gasteiger partial charge in [-0.05, 0) is 12.8 Å². The van der Waals surface area contributed by atoms with Gasteiger partial charge in [0.1, 0.15) is 5.54 Å². The van der Waals surface area contributed by atoms with Crippen LogP contribution in [0.1, 0.15) is 44.9 Å². The van der Waals surface area contributed by atoms with Crippen LogP contribution in [0, 0.1) is 0 Å². The summed E-state index contributed by atoms with van der Waals surface area (Å²) in [5.41, 5.74) is -0.824. The summed E-state index contributed by atoms with van der Waals surface area (Å²) in [4.78, 5) is 25.4. The summed E-state index contributed by atoms with van der Waals surface area (Å²) in [6.45, 7) is -0.175. The van der Waals surface area contributed by atoms with Crippen molar-refractivity contribution in [2.24, 2.45) is 5.14 Å². The van der Waals surface area contributed by atoms with E-state index in [1.54, 1.807) is 0 Å². The van der Waals surface area contributed by atoms with Crippen molar-refractivity contribution in [3.63, 3.8) is 0 Å². The molecule has 0 radical (unpaired) electrons. The largest absolute Gasteiger partial charge is 0.325 e. The zero-order chi connectivity index (χ0) is 14.8. The molecule has 1 heterocycles. The van der Waals surface area contributed by atoms with E-state index in [-0.39, 0.29) is 12.5 Å². The van der Waals surface area contributed by atoms with E-state index in [1.807, 2.05) is 0 Å². The van der Waals surface area contributed by atoms with Gasteiger partial charge in [-0.15, -0.1) is 0 Å². The zero-order valence-corrected chi connectivity index (χ0v) is 12.2. The molecular formula is C12H21N3O4S. The van der Waals surface area contributed by atoms with Crippen LogP contribution in [-0.4, -0.2) is 43.1 Å². The monoisotopic (exact) mass is 303 g/mol. The Morgan fingerprint density at radius 1 is 1.10 bits per heavy atom. The summed E-state index contributed by atoms with van der Waals surface area (Å²) in [6, 6.07) is -0.501. The second-order valence-electron chi connectivity index (χ2n) is 5.60. The Morgan fingerprint density at radius 2 is 1.65 bits per heavy atom. The fraction of sp³-hybridized carbons (Fsp3) is 0.833. The SMILES string of the molecule is NS(=O)(=O)CCN1C(=O)NC2(CCCCCCC2)C1=O. The predicted octanol–water partition coefficient (Wildman–Crippen LogP) is 0.310. The third kappa shape index (κ3) is 3.29. The van der Waals surface area contributed by atoms with E-state index in [0.29, 0.717) is 12.8 Å². The summed E-state index contributed by atoms with van der Waals surface area (Å²) in [5, 5.41) is 7.70. The van der Waals surface area contributed by atoms with E-state index in [0.717, 1.165) is 37.0 Å². The molecule has 114 valence electrons. The number of primary sulfonamides is 1. The first kappa shape index (κ1) is 15.2. The number of amides is 3. The normalized spacial score (nSPS) is 23.6. The molecule has 2 fully saturated rings. The Hall–Kier alpha value is -1.15. The second-order valence-corrected chi connectivity index (χ2v) is 7.34. The van der Waals surface area contributed by atoms with Crippen LogP contribution >= 0.6 is 0 Å². The van der Waals surface area contributed by atoms with E-state index < -0.39 is 27.3 Å². The van der Waals surface area contributed by atoms with Crippen LogP contribution in [0.3, 0.4) is 0 Å². The number of imide groups is 1. The summed E-state index contributed by atoms with van der Waals surface area (Å²) < 4.78 is 22.0. The number of nitrogens with zero attached hydrogens (tertiary/aromatic N) is 1. The predicted molar refractivity (Wildman–Crippen MR) is 73.3 cm³/mol. The first-order valence-corrected chi connectivity index (χ1v) is 8.70. The highest BCUT2D eigenvalue weighted by molar-refractivity contribution is 7.89. The van der Waals surface area contributed by atoms with Gasteiger partial charge in [-0.3, -0.25) is 9.69 Å². The molecule has 0 aromatic carbocycles. The average Bonchev–Trinajstić information content (AvgIpc) is 2.54. The summed E-state index contributed by atoms with van der Waals surface area (Å²) in [6.07, 6.45) is 6.33. The number of hydrogen-bond donors (Lipinski definition) is 2. The van der Waals surface area contributed by atoms with Crippen LogP contribution in [-0.2, 0) is 14.8 Å². The third-order valence-electron chi connectivity index (χ3n) is 4.05. The van der Waals surface area contributed by atoms with Gasteiger partial charge in [-0.25, -0.2) is 18.4 Å². The van der Waals surface area contributed by atoms with E-state index >= 15 is 0 Å². The van der Waals surface area contributed by atoms with Gasteiger partial charge in [-0.2, -0.15) is 0 Å². The highest BCUT2D eigenvalue weighted by Gasteiger charge is 2.50. The van der Waals surface area contributed by atoms with Crippen molar-refractivity contribution >= 4 is 22.0 Å². The minimum Gasteiger partial charge on any atom is -0.323 e. The summed E-state index contributed by atoms with van der Waals surface area (Å²) in [5.74, 6) is -0.699. The molecular weight excluding hydrogens is 282 g/mol. The number of hydrogen-bond acceptors (Lipinski definition) is 4. The lowest BCUT2D eigenvalue weighted by Gasteiger charge is -2.28. The maximum absolute atomic E-state index is 12.5.